The van der Waals surface area contributed by atoms with Crippen molar-refractivity contribution in [1.82, 2.24) is 4.98 Å². The second kappa shape index (κ2) is 4.13. The lowest BCUT2D eigenvalue weighted by Crippen LogP contribution is -2.21. The van der Waals surface area contributed by atoms with E-state index in [0.717, 1.165) is 12.2 Å². The molecule has 1 fully saturated rings. The van der Waals surface area contributed by atoms with Crippen LogP contribution in [-0.2, 0) is 0 Å². The minimum absolute atomic E-state index is 0.447. The van der Waals surface area contributed by atoms with E-state index in [9.17, 15) is 0 Å². The molecule has 0 radical (unpaired) electrons. The fourth-order valence-corrected chi connectivity index (χ4v) is 2.03. The van der Waals surface area contributed by atoms with Crippen LogP contribution in [0.1, 0.15) is 32.4 Å². The van der Waals surface area contributed by atoms with Crippen molar-refractivity contribution in [2.24, 2.45) is 11.3 Å². The lowest BCUT2D eigenvalue weighted by Gasteiger charge is -2.20. The molecule has 1 saturated carbocycles. The molecule has 1 aromatic heterocycles. The van der Waals surface area contributed by atoms with Gasteiger partial charge in [-0.3, -0.25) is 0 Å². The van der Waals surface area contributed by atoms with E-state index in [4.69, 9.17) is 5.26 Å². The monoisotopic (exact) mass is 215 g/mol. The van der Waals surface area contributed by atoms with E-state index in [-0.39, 0.29) is 0 Å². The van der Waals surface area contributed by atoms with E-state index in [2.05, 4.69) is 30.2 Å². The summed E-state index contributed by atoms with van der Waals surface area (Å²) in [6.07, 6.45) is 4.23. The van der Waals surface area contributed by atoms with E-state index in [0.29, 0.717) is 17.0 Å². The molecular weight excluding hydrogens is 198 g/mol. The van der Waals surface area contributed by atoms with Gasteiger partial charge in [0, 0.05) is 12.7 Å². The van der Waals surface area contributed by atoms with Crippen molar-refractivity contribution in [2.45, 2.75) is 26.7 Å². The van der Waals surface area contributed by atoms with Gasteiger partial charge in [0.15, 0.2) is 5.69 Å². The van der Waals surface area contributed by atoms with E-state index >= 15 is 0 Å². The molecule has 0 bridgehead atoms. The summed E-state index contributed by atoms with van der Waals surface area (Å²) in [5, 5.41) is 12.3. The Labute approximate surface area is 96.5 Å². The SMILES string of the molecule is CC(C)C1(CNc2cccnc2C#N)CC1. The number of rotatable bonds is 4. The molecule has 0 amide bonds. The summed E-state index contributed by atoms with van der Waals surface area (Å²) in [6.45, 7) is 5.48. The summed E-state index contributed by atoms with van der Waals surface area (Å²) in [7, 11) is 0. The second-order valence-corrected chi connectivity index (χ2v) is 4.88. The fourth-order valence-electron chi connectivity index (χ4n) is 2.03. The van der Waals surface area contributed by atoms with Crippen molar-refractivity contribution >= 4 is 5.69 Å². The first-order chi connectivity index (χ1) is 7.68. The number of hydrogen-bond donors (Lipinski definition) is 1. The molecule has 0 aromatic carbocycles. The quantitative estimate of drug-likeness (QED) is 0.840. The van der Waals surface area contributed by atoms with Crippen LogP contribution < -0.4 is 5.32 Å². The van der Waals surface area contributed by atoms with Crippen molar-refractivity contribution < 1.29 is 0 Å². The molecule has 1 aliphatic carbocycles. The van der Waals surface area contributed by atoms with Crippen LogP contribution in [0.15, 0.2) is 18.3 Å². The first-order valence-electron chi connectivity index (χ1n) is 5.77. The number of nitrogens with zero attached hydrogens (tertiary/aromatic N) is 2. The summed E-state index contributed by atoms with van der Waals surface area (Å²) in [4.78, 5) is 4.04. The average molecular weight is 215 g/mol. The van der Waals surface area contributed by atoms with Gasteiger partial charge in [-0.15, -0.1) is 0 Å². The smallest absolute Gasteiger partial charge is 0.163 e. The Balaban J connectivity index is 2.03. The van der Waals surface area contributed by atoms with Crippen molar-refractivity contribution in [3.63, 3.8) is 0 Å². The Morgan fingerprint density at radius 1 is 1.56 bits per heavy atom. The lowest BCUT2D eigenvalue weighted by atomic mass is 9.92. The van der Waals surface area contributed by atoms with Gasteiger partial charge < -0.3 is 5.32 Å². The third kappa shape index (κ3) is 2.01. The van der Waals surface area contributed by atoms with Gasteiger partial charge in [0.25, 0.3) is 0 Å². The predicted octanol–water partition coefficient (Wildman–Crippen LogP) is 2.80. The van der Waals surface area contributed by atoms with Gasteiger partial charge in [-0.05, 0) is 36.3 Å². The number of anilines is 1. The highest BCUT2D eigenvalue weighted by Gasteiger charge is 2.44. The van der Waals surface area contributed by atoms with Gasteiger partial charge in [0.1, 0.15) is 6.07 Å². The summed E-state index contributed by atoms with van der Waals surface area (Å²) in [5.74, 6) is 0.696. The number of hydrogen-bond acceptors (Lipinski definition) is 3. The molecule has 3 nitrogen and oxygen atoms in total. The van der Waals surface area contributed by atoms with Crippen molar-refractivity contribution in [2.75, 3.05) is 11.9 Å². The molecule has 16 heavy (non-hydrogen) atoms. The maximum Gasteiger partial charge on any atom is 0.163 e. The summed E-state index contributed by atoms with van der Waals surface area (Å²) in [5.41, 5.74) is 1.79. The number of pyridine rings is 1. The molecule has 0 atom stereocenters. The first kappa shape index (κ1) is 10.9. The van der Waals surface area contributed by atoms with Crippen LogP contribution in [-0.4, -0.2) is 11.5 Å². The molecule has 84 valence electrons. The van der Waals surface area contributed by atoms with Crippen LogP contribution in [0.3, 0.4) is 0 Å². The van der Waals surface area contributed by atoms with Gasteiger partial charge in [-0.1, -0.05) is 13.8 Å². The van der Waals surface area contributed by atoms with Crippen molar-refractivity contribution in [3.05, 3.63) is 24.0 Å². The Morgan fingerprint density at radius 3 is 2.88 bits per heavy atom. The third-order valence-electron chi connectivity index (χ3n) is 3.66. The van der Waals surface area contributed by atoms with Crippen LogP contribution >= 0.6 is 0 Å². The highest BCUT2D eigenvalue weighted by atomic mass is 14.9. The topological polar surface area (TPSA) is 48.7 Å². The van der Waals surface area contributed by atoms with Gasteiger partial charge in [0.2, 0.25) is 0 Å². The normalized spacial score (nSPS) is 16.9. The minimum atomic E-state index is 0.447. The number of aromatic nitrogens is 1. The molecule has 0 saturated heterocycles. The molecule has 0 unspecified atom stereocenters. The second-order valence-electron chi connectivity index (χ2n) is 4.88. The van der Waals surface area contributed by atoms with Crippen LogP contribution in [0.5, 0.6) is 0 Å². The Morgan fingerprint density at radius 2 is 2.31 bits per heavy atom. The van der Waals surface area contributed by atoms with Crippen molar-refractivity contribution in [3.8, 4) is 6.07 Å². The van der Waals surface area contributed by atoms with E-state index in [1.54, 1.807) is 6.20 Å². The molecule has 1 N–H and O–H groups in total. The predicted molar refractivity (Wildman–Crippen MR) is 63.9 cm³/mol. The zero-order chi connectivity index (χ0) is 11.6. The Hall–Kier alpha value is -1.56. The molecule has 1 aromatic rings. The fraction of sp³-hybridized carbons (Fsp3) is 0.538. The zero-order valence-corrected chi connectivity index (χ0v) is 9.83. The third-order valence-corrected chi connectivity index (χ3v) is 3.66. The first-order valence-corrected chi connectivity index (χ1v) is 5.77. The molecule has 3 heteroatoms. The zero-order valence-electron chi connectivity index (χ0n) is 9.83. The molecule has 1 heterocycles. The summed E-state index contributed by atoms with van der Waals surface area (Å²) in [6, 6.07) is 5.89. The summed E-state index contributed by atoms with van der Waals surface area (Å²) >= 11 is 0. The highest BCUT2D eigenvalue weighted by Crippen LogP contribution is 2.51. The highest BCUT2D eigenvalue weighted by molar-refractivity contribution is 5.53. The van der Waals surface area contributed by atoms with Gasteiger partial charge in [-0.25, -0.2) is 4.98 Å². The molecular formula is C13H17N3. The molecule has 0 aliphatic heterocycles. The maximum absolute atomic E-state index is 8.92. The molecule has 2 rings (SSSR count). The van der Waals surface area contributed by atoms with Crippen molar-refractivity contribution in [1.29, 1.82) is 5.26 Å². The standard InChI is InChI=1S/C13H17N3/c1-10(2)13(5-6-13)9-16-11-4-3-7-15-12(11)8-14/h3-4,7,10,16H,5-6,9H2,1-2H3. The van der Waals surface area contributed by atoms with Gasteiger partial charge in [0.05, 0.1) is 5.69 Å². The largest absolute Gasteiger partial charge is 0.382 e. The van der Waals surface area contributed by atoms with Gasteiger partial charge in [-0.2, -0.15) is 5.26 Å². The van der Waals surface area contributed by atoms with Crippen LogP contribution in [0.4, 0.5) is 5.69 Å². The maximum atomic E-state index is 8.92. The number of nitriles is 1. The minimum Gasteiger partial charge on any atom is -0.382 e. The number of nitrogens with one attached hydrogen (secondary N) is 1. The van der Waals surface area contributed by atoms with E-state index in [1.807, 2.05) is 12.1 Å². The van der Waals surface area contributed by atoms with Crippen LogP contribution in [0.2, 0.25) is 0 Å². The molecule has 0 spiro atoms. The van der Waals surface area contributed by atoms with Gasteiger partial charge >= 0.3 is 0 Å². The average Bonchev–Trinajstić information content (AvgIpc) is 3.08. The Bertz CT molecular complexity index is 413. The lowest BCUT2D eigenvalue weighted by molar-refractivity contribution is 0.380. The molecule has 1 aliphatic rings. The van der Waals surface area contributed by atoms with Crippen LogP contribution in [0, 0.1) is 22.7 Å². The van der Waals surface area contributed by atoms with Crippen LogP contribution in [0.25, 0.3) is 0 Å². The van der Waals surface area contributed by atoms with E-state index in [1.165, 1.54) is 12.8 Å². The van der Waals surface area contributed by atoms with E-state index < -0.39 is 0 Å². The Kier molecular flexibility index (Phi) is 2.82. The summed E-state index contributed by atoms with van der Waals surface area (Å²) < 4.78 is 0.